The molecule has 0 aromatic heterocycles. The number of hydrogen-bond acceptors (Lipinski definition) is 4. The van der Waals surface area contributed by atoms with E-state index in [-0.39, 0.29) is 16.9 Å². The first-order valence-electron chi connectivity index (χ1n) is 9.11. The Morgan fingerprint density at radius 2 is 1.79 bits per heavy atom. The van der Waals surface area contributed by atoms with Gasteiger partial charge in [0.2, 0.25) is 5.91 Å². The summed E-state index contributed by atoms with van der Waals surface area (Å²) in [7, 11) is 1.70. The topological polar surface area (TPSA) is 70.7 Å². The number of ether oxygens (including phenoxy) is 1. The molecule has 148 valence electrons. The van der Waals surface area contributed by atoms with E-state index < -0.39 is 0 Å². The maximum absolute atomic E-state index is 12.6. The van der Waals surface area contributed by atoms with Crippen LogP contribution in [-0.2, 0) is 4.79 Å². The Balaban J connectivity index is 1.98. The van der Waals surface area contributed by atoms with Crippen molar-refractivity contribution in [2.24, 2.45) is 0 Å². The minimum atomic E-state index is -0.336. The second-order valence-electron chi connectivity index (χ2n) is 6.23. The maximum Gasteiger partial charge on any atom is 0.261 e. The lowest BCUT2D eigenvalue weighted by Gasteiger charge is -2.16. The number of anilines is 2. The highest BCUT2D eigenvalue weighted by Gasteiger charge is 2.14. The van der Waals surface area contributed by atoms with Crippen molar-refractivity contribution in [1.82, 2.24) is 5.32 Å². The highest BCUT2D eigenvalue weighted by Crippen LogP contribution is 2.19. The van der Waals surface area contributed by atoms with Crippen molar-refractivity contribution in [3.05, 3.63) is 54.1 Å². The van der Waals surface area contributed by atoms with Crippen molar-refractivity contribution < 1.29 is 14.3 Å². The molecule has 28 heavy (non-hydrogen) atoms. The van der Waals surface area contributed by atoms with Crippen LogP contribution in [-0.4, -0.2) is 30.6 Å². The average Bonchev–Trinajstić information content (AvgIpc) is 2.68. The molecule has 0 atom stereocenters. The fourth-order valence-electron chi connectivity index (χ4n) is 2.39. The van der Waals surface area contributed by atoms with Crippen LogP contribution in [0.15, 0.2) is 48.5 Å². The Morgan fingerprint density at radius 1 is 1.11 bits per heavy atom. The van der Waals surface area contributed by atoms with E-state index in [0.29, 0.717) is 23.6 Å². The fourth-order valence-corrected chi connectivity index (χ4v) is 2.60. The van der Waals surface area contributed by atoms with Crippen molar-refractivity contribution >= 4 is 40.5 Å². The van der Waals surface area contributed by atoms with Gasteiger partial charge in [-0.15, -0.1) is 0 Å². The molecule has 0 saturated heterocycles. The lowest BCUT2D eigenvalue weighted by Crippen LogP contribution is -2.34. The normalized spacial score (nSPS) is 10.1. The molecule has 2 rings (SSSR count). The van der Waals surface area contributed by atoms with Crippen LogP contribution in [0, 0.1) is 0 Å². The molecule has 0 aliphatic rings. The smallest absolute Gasteiger partial charge is 0.261 e. The summed E-state index contributed by atoms with van der Waals surface area (Å²) in [5.41, 5.74) is 1.91. The van der Waals surface area contributed by atoms with Crippen LogP contribution in [0.2, 0.25) is 0 Å². The van der Waals surface area contributed by atoms with Gasteiger partial charge in [0.05, 0.1) is 12.2 Å². The van der Waals surface area contributed by atoms with Gasteiger partial charge in [-0.3, -0.25) is 14.9 Å². The van der Waals surface area contributed by atoms with Crippen molar-refractivity contribution in [3.8, 4) is 5.75 Å². The molecule has 0 saturated carbocycles. The number of nitrogens with zero attached hydrogens (tertiary/aromatic N) is 1. The first-order chi connectivity index (χ1) is 13.4. The van der Waals surface area contributed by atoms with Crippen LogP contribution >= 0.6 is 12.2 Å². The Hall–Kier alpha value is -2.93. The Kier molecular flexibility index (Phi) is 7.95. The summed E-state index contributed by atoms with van der Waals surface area (Å²) in [5.74, 6) is 0.147. The van der Waals surface area contributed by atoms with Crippen molar-refractivity contribution in [3.63, 3.8) is 0 Å². The molecule has 6 nitrogen and oxygen atoms in total. The Labute approximate surface area is 170 Å². The summed E-state index contributed by atoms with van der Waals surface area (Å²) >= 11 is 5.24. The second kappa shape index (κ2) is 10.4. The molecule has 0 heterocycles. The van der Waals surface area contributed by atoms with E-state index in [4.69, 9.17) is 17.0 Å². The molecule has 0 aliphatic carbocycles. The quantitative estimate of drug-likeness (QED) is 0.544. The van der Waals surface area contributed by atoms with Gasteiger partial charge in [0.15, 0.2) is 5.11 Å². The van der Waals surface area contributed by atoms with Crippen LogP contribution in [0.3, 0.4) is 0 Å². The number of carbonyl (C=O) groups excluding carboxylic acids is 2. The molecular formula is C21H25N3O3S. The van der Waals surface area contributed by atoms with Crippen LogP contribution in [0.1, 0.15) is 37.0 Å². The number of thiocarbonyl (C=S) groups is 1. The molecule has 2 amide bonds. The van der Waals surface area contributed by atoms with E-state index >= 15 is 0 Å². The van der Waals surface area contributed by atoms with Crippen LogP contribution in [0.4, 0.5) is 11.4 Å². The van der Waals surface area contributed by atoms with Crippen molar-refractivity contribution in [1.29, 1.82) is 0 Å². The molecule has 7 heteroatoms. The average molecular weight is 400 g/mol. The summed E-state index contributed by atoms with van der Waals surface area (Å²) in [6.45, 7) is 4.14. The molecule has 2 aromatic rings. The van der Waals surface area contributed by atoms with Gasteiger partial charge in [0, 0.05) is 25.3 Å². The Bertz CT molecular complexity index is 837. The number of amides is 2. The fraction of sp³-hybridized carbons (Fsp3) is 0.286. The van der Waals surface area contributed by atoms with Gasteiger partial charge in [-0.05, 0) is 55.0 Å². The lowest BCUT2D eigenvalue weighted by atomic mass is 10.2. The summed E-state index contributed by atoms with van der Waals surface area (Å²) in [4.78, 5) is 25.5. The molecule has 0 unspecified atom stereocenters. The van der Waals surface area contributed by atoms with Gasteiger partial charge in [-0.2, -0.15) is 0 Å². The minimum absolute atomic E-state index is 0.0525. The predicted octanol–water partition coefficient (Wildman–Crippen LogP) is 3.98. The van der Waals surface area contributed by atoms with Gasteiger partial charge in [-0.1, -0.05) is 25.5 Å². The molecule has 0 fully saturated rings. The molecule has 2 N–H and O–H groups in total. The summed E-state index contributed by atoms with van der Waals surface area (Å²) in [6, 6.07) is 14.2. The number of rotatable bonds is 7. The first kappa shape index (κ1) is 21.4. The molecule has 2 aromatic carbocycles. The number of benzene rings is 2. The third kappa shape index (κ3) is 6.06. The second-order valence-corrected chi connectivity index (χ2v) is 6.64. The molecule has 0 spiro atoms. The van der Waals surface area contributed by atoms with Gasteiger partial charge < -0.3 is 15.0 Å². The van der Waals surface area contributed by atoms with Crippen LogP contribution in [0.25, 0.3) is 0 Å². The van der Waals surface area contributed by atoms with Gasteiger partial charge in [-0.25, -0.2) is 0 Å². The van der Waals surface area contributed by atoms with Gasteiger partial charge >= 0.3 is 0 Å². The van der Waals surface area contributed by atoms with Crippen molar-refractivity contribution in [2.75, 3.05) is 23.9 Å². The largest absolute Gasteiger partial charge is 0.493 e. The highest BCUT2D eigenvalue weighted by molar-refractivity contribution is 7.80. The number of unbranched alkanes of at least 4 members (excludes halogenated alkanes) is 1. The number of nitrogens with one attached hydrogen (secondary N) is 2. The number of para-hydroxylation sites is 1. The van der Waals surface area contributed by atoms with Gasteiger partial charge in [0.25, 0.3) is 5.91 Å². The number of hydrogen-bond donors (Lipinski definition) is 2. The van der Waals surface area contributed by atoms with E-state index in [1.807, 2.05) is 6.07 Å². The zero-order valence-corrected chi connectivity index (χ0v) is 17.1. The third-order valence-electron chi connectivity index (χ3n) is 4.10. The van der Waals surface area contributed by atoms with E-state index in [1.54, 1.807) is 54.4 Å². The summed E-state index contributed by atoms with van der Waals surface area (Å²) < 4.78 is 5.70. The highest BCUT2D eigenvalue weighted by atomic mass is 32.1. The molecule has 0 aliphatic heterocycles. The summed E-state index contributed by atoms with van der Waals surface area (Å²) in [6.07, 6.45) is 1.94. The third-order valence-corrected chi connectivity index (χ3v) is 4.30. The van der Waals surface area contributed by atoms with E-state index in [2.05, 4.69) is 17.6 Å². The molecule has 0 bridgehead atoms. The number of carbonyl (C=O) groups is 2. The minimum Gasteiger partial charge on any atom is -0.493 e. The monoisotopic (exact) mass is 399 g/mol. The van der Waals surface area contributed by atoms with Crippen molar-refractivity contribution in [2.45, 2.75) is 26.7 Å². The maximum atomic E-state index is 12.6. The standard InChI is InChI=1S/C21H25N3O3S/c1-4-5-14-27-19-9-7-6-8-18(19)20(26)23-21(28)22-16-10-12-17(13-11-16)24(3)15(2)25/h6-13H,4-5,14H2,1-3H3,(H2,22,23,26,28). The first-order valence-corrected chi connectivity index (χ1v) is 9.51. The zero-order chi connectivity index (χ0) is 20.5. The Morgan fingerprint density at radius 3 is 2.43 bits per heavy atom. The van der Waals surface area contributed by atoms with Crippen LogP contribution in [0.5, 0.6) is 5.75 Å². The van der Waals surface area contributed by atoms with Crippen LogP contribution < -0.4 is 20.3 Å². The SMILES string of the molecule is CCCCOc1ccccc1C(=O)NC(=S)Nc1ccc(N(C)C(C)=O)cc1. The lowest BCUT2D eigenvalue weighted by molar-refractivity contribution is -0.116. The molecule has 0 radical (unpaired) electrons. The predicted molar refractivity (Wildman–Crippen MR) is 116 cm³/mol. The van der Waals surface area contributed by atoms with Gasteiger partial charge in [0.1, 0.15) is 5.75 Å². The molecular weight excluding hydrogens is 374 g/mol. The van der Waals surface area contributed by atoms with E-state index in [9.17, 15) is 9.59 Å². The van der Waals surface area contributed by atoms with E-state index in [1.165, 1.54) is 6.92 Å². The zero-order valence-electron chi connectivity index (χ0n) is 16.3. The summed E-state index contributed by atoms with van der Waals surface area (Å²) in [5, 5.41) is 5.81. The van der Waals surface area contributed by atoms with E-state index in [0.717, 1.165) is 18.5 Å².